The fourth-order valence-electron chi connectivity index (χ4n) is 2.21. The van der Waals surface area contributed by atoms with Crippen molar-refractivity contribution in [2.24, 2.45) is 0 Å². The Morgan fingerprint density at radius 2 is 2.10 bits per heavy atom. The molecule has 2 aliphatic rings. The number of hydrogen-bond donors (Lipinski definition) is 1. The van der Waals surface area contributed by atoms with E-state index in [9.17, 15) is 19.2 Å². The summed E-state index contributed by atoms with van der Waals surface area (Å²) in [5.74, 6) is -1.28. The van der Waals surface area contributed by atoms with Crippen molar-refractivity contribution in [2.45, 2.75) is 25.9 Å². The predicted octanol–water partition coefficient (Wildman–Crippen LogP) is -0.908. The topological polar surface area (TPSA) is 96.0 Å². The van der Waals surface area contributed by atoms with Gasteiger partial charge in [0.25, 0.3) is 5.91 Å². The molecule has 0 aliphatic carbocycles. The lowest BCUT2D eigenvalue weighted by Gasteiger charge is -2.20. The molecular formula is C12H17N3O5. The van der Waals surface area contributed by atoms with Crippen LogP contribution in [0.25, 0.3) is 0 Å². The molecule has 2 fully saturated rings. The van der Waals surface area contributed by atoms with Crippen LogP contribution >= 0.6 is 0 Å². The van der Waals surface area contributed by atoms with Gasteiger partial charge in [0.2, 0.25) is 5.91 Å². The summed E-state index contributed by atoms with van der Waals surface area (Å²) in [7, 11) is 0. The summed E-state index contributed by atoms with van der Waals surface area (Å²) < 4.78 is 4.98. The molecule has 0 unspecified atom stereocenters. The van der Waals surface area contributed by atoms with E-state index in [1.165, 1.54) is 11.8 Å². The second-order valence-electron chi connectivity index (χ2n) is 4.77. The number of carbonyl (C=O) groups excluding carboxylic acids is 4. The number of hydrogen-bond acceptors (Lipinski definition) is 5. The van der Waals surface area contributed by atoms with Crippen molar-refractivity contribution in [2.75, 3.05) is 26.2 Å². The lowest BCUT2D eigenvalue weighted by Crippen LogP contribution is -2.43. The molecule has 0 radical (unpaired) electrons. The van der Waals surface area contributed by atoms with Gasteiger partial charge in [0, 0.05) is 26.1 Å². The van der Waals surface area contributed by atoms with Gasteiger partial charge >= 0.3 is 12.0 Å². The van der Waals surface area contributed by atoms with Gasteiger partial charge in [-0.1, -0.05) is 0 Å². The van der Waals surface area contributed by atoms with Gasteiger partial charge in [-0.05, 0) is 13.3 Å². The van der Waals surface area contributed by atoms with Gasteiger partial charge in [-0.25, -0.2) is 4.79 Å². The maximum atomic E-state index is 11.9. The lowest BCUT2D eigenvalue weighted by molar-refractivity contribution is -0.159. The zero-order chi connectivity index (χ0) is 14.7. The summed E-state index contributed by atoms with van der Waals surface area (Å²) in [4.78, 5) is 48.7. The van der Waals surface area contributed by atoms with E-state index in [0.29, 0.717) is 19.5 Å². The normalized spacial score (nSPS) is 20.1. The van der Waals surface area contributed by atoms with Crippen LogP contribution in [-0.2, 0) is 19.1 Å². The van der Waals surface area contributed by atoms with Crippen molar-refractivity contribution in [3.05, 3.63) is 0 Å². The Morgan fingerprint density at radius 1 is 1.35 bits per heavy atom. The largest absolute Gasteiger partial charge is 0.451 e. The number of rotatable bonds is 4. The van der Waals surface area contributed by atoms with E-state index in [1.807, 2.05) is 0 Å². The van der Waals surface area contributed by atoms with Crippen molar-refractivity contribution in [3.63, 3.8) is 0 Å². The Hall–Kier alpha value is -2.12. The number of amides is 4. The highest BCUT2D eigenvalue weighted by atomic mass is 16.5. The molecule has 0 spiro atoms. The molecule has 110 valence electrons. The summed E-state index contributed by atoms with van der Waals surface area (Å²) in [5, 5.41) is 2.50. The first-order valence-corrected chi connectivity index (χ1v) is 6.55. The quantitative estimate of drug-likeness (QED) is 0.674. The Bertz CT molecular complexity index is 450. The summed E-state index contributed by atoms with van der Waals surface area (Å²) in [6.07, 6.45) is 0.133. The number of esters is 1. The maximum Gasteiger partial charge on any atom is 0.326 e. The van der Waals surface area contributed by atoms with E-state index in [0.717, 1.165) is 11.3 Å². The number of ether oxygens (including phenoxy) is 1. The van der Waals surface area contributed by atoms with Gasteiger partial charge in [0.05, 0.1) is 0 Å². The predicted molar refractivity (Wildman–Crippen MR) is 66.5 cm³/mol. The molecule has 20 heavy (non-hydrogen) atoms. The highest BCUT2D eigenvalue weighted by Gasteiger charge is 2.32. The summed E-state index contributed by atoms with van der Waals surface area (Å²) in [5.41, 5.74) is 0. The molecule has 0 saturated carbocycles. The first kappa shape index (κ1) is 14.3. The fourth-order valence-corrected chi connectivity index (χ4v) is 2.21. The summed E-state index contributed by atoms with van der Waals surface area (Å²) >= 11 is 0. The van der Waals surface area contributed by atoms with Crippen molar-refractivity contribution >= 4 is 23.8 Å². The standard InChI is InChI=1S/C12H17N3O5/c1-8(11(18)15-6-4-13-12(15)19)20-10(17)7-14-5-2-3-9(14)16/h8H,2-7H2,1H3,(H,13,19)/t8-/m1/s1. The van der Waals surface area contributed by atoms with Crippen molar-refractivity contribution in [1.82, 2.24) is 15.1 Å². The molecule has 4 amide bonds. The van der Waals surface area contributed by atoms with Crippen LogP contribution in [0.3, 0.4) is 0 Å². The Kier molecular flexibility index (Phi) is 4.21. The second kappa shape index (κ2) is 5.89. The van der Waals surface area contributed by atoms with Gasteiger partial charge in [-0.15, -0.1) is 0 Å². The third-order valence-corrected chi connectivity index (χ3v) is 3.27. The third-order valence-electron chi connectivity index (χ3n) is 3.27. The minimum atomic E-state index is -1.04. The molecule has 0 bridgehead atoms. The van der Waals surface area contributed by atoms with Crippen LogP contribution in [-0.4, -0.2) is 65.9 Å². The molecule has 2 heterocycles. The molecule has 0 aromatic heterocycles. The molecule has 1 atom stereocenters. The third kappa shape index (κ3) is 3.06. The summed E-state index contributed by atoms with van der Waals surface area (Å²) in [6.45, 7) is 2.46. The number of urea groups is 1. The number of likely N-dealkylation sites (tertiary alicyclic amines) is 1. The zero-order valence-electron chi connectivity index (χ0n) is 11.3. The minimum absolute atomic E-state index is 0.0835. The number of imide groups is 1. The van der Waals surface area contributed by atoms with Crippen molar-refractivity contribution in [1.29, 1.82) is 0 Å². The number of nitrogens with one attached hydrogen (secondary N) is 1. The number of carbonyl (C=O) groups is 4. The molecule has 0 aromatic carbocycles. The van der Waals surface area contributed by atoms with E-state index in [-0.39, 0.29) is 19.0 Å². The van der Waals surface area contributed by atoms with Gasteiger partial charge < -0.3 is 15.0 Å². The maximum absolute atomic E-state index is 11.9. The van der Waals surface area contributed by atoms with Crippen LogP contribution in [0, 0.1) is 0 Å². The van der Waals surface area contributed by atoms with Crippen LogP contribution in [0.1, 0.15) is 19.8 Å². The smallest absolute Gasteiger partial charge is 0.326 e. The van der Waals surface area contributed by atoms with Gasteiger partial charge in [0.15, 0.2) is 6.10 Å². The van der Waals surface area contributed by atoms with Crippen LogP contribution in [0.2, 0.25) is 0 Å². The van der Waals surface area contributed by atoms with Crippen LogP contribution in [0.5, 0.6) is 0 Å². The van der Waals surface area contributed by atoms with E-state index < -0.39 is 24.0 Å². The van der Waals surface area contributed by atoms with Crippen LogP contribution in [0.4, 0.5) is 4.79 Å². The van der Waals surface area contributed by atoms with Gasteiger partial charge in [-0.3, -0.25) is 19.3 Å². The van der Waals surface area contributed by atoms with Crippen molar-refractivity contribution < 1.29 is 23.9 Å². The van der Waals surface area contributed by atoms with E-state index >= 15 is 0 Å². The fraction of sp³-hybridized carbons (Fsp3) is 0.667. The first-order valence-electron chi connectivity index (χ1n) is 6.55. The highest BCUT2D eigenvalue weighted by molar-refractivity contribution is 5.98. The zero-order valence-corrected chi connectivity index (χ0v) is 11.3. The molecule has 2 rings (SSSR count). The van der Waals surface area contributed by atoms with Crippen LogP contribution < -0.4 is 5.32 Å². The minimum Gasteiger partial charge on any atom is -0.451 e. The van der Waals surface area contributed by atoms with Crippen LogP contribution in [0.15, 0.2) is 0 Å². The molecule has 8 heteroatoms. The lowest BCUT2D eigenvalue weighted by atomic mass is 10.3. The Balaban J connectivity index is 1.82. The molecule has 8 nitrogen and oxygen atoms in total. The SMILES string of the molecule is C[C@@H](OC(=O)CN1CCCC1=O)C(=O)N1CCNC1=O. The van der Waals surface area contributed by atoms with Gasteiger partial charge in [-0.2, -0.15) is 0 Å². The number of nitrogens with zero attached hydrogens (tertiary/aromatic N) is 2. The molecule has 2 aliphatic heterocycles. The monoisotopic (exact) mass is 283 g/mol. The average Bonchev–Trinajstić information content (AvgIpc) is 2.98. The van der Waals surface area contributed by atoms with Gasteiger partial charge in [0.1, 0.15) is 6.54 Å². The Morgan fingerprint density at radius 3 is 2.65 bits per heavy atom. The molecule has 2 saturated heterocycles. The second-order valence-corrected chi connectivity index (χ2v) is 4.77. The Labute approximate surface area is 116 Å². The van der Waals surface area contributed by atoms with E-state index in [1.54, 1.807) is 0 Å². The first-order chi connectivity index (χ1) is 9.49. The van der Waals surface area contributed by atoms with Crippen molar-refractivity contribution in [3.8, 4) is 0 Å². The van der Waals surface area contributed by atoms with E-state index in [4.69, 9.17) is 4.74 Å². The highest BCUT2D eigenvalue weighted by Crippen LogP contribution is 2.10. The average molecular weight is 283 g/mol. The van der Waals surface area contributed by atoms with E-state index in [2.05, 4.69) is 5.32 Å². The summed E-state index contributed by atoms with van der Waals surface area (Å²) in [6, 6.07) is -0.479. The molecule has 0 aromatic rings. The molecular weight excluding hydrogens is 266 g/mol. The molecule has 1 N–H and O–H groups in total.